The molecule has 0 aliphatic heterocycles. The van der Waals surface area contributed by atoms with Gasteiger partial charge in [0.05, 0.1) is 11.2 Å². The minimum Gasteiger partial charge on any atom is -0.396 e. The number of hydrogen-bond donors (Lipinski definition) is 1. The van der Waals surface area contributed by atoms with Crippen LogP contribution in [0.2, 0.25) is 0 Å². The molecule has 2 aromatic carbocycles. The number of aromatic nitrogens is 1. The van der Waals surface area contributed by atoms with Crippen molar-refractivity contribution >= 4 is 28.4 Å². The summed E-state index contributed by atoms with van der Waals surface area (Å²) in [5.41, 5.74) is 7.12. The maximum atomic E-state index is 13.6. The van der Waals surface area contributed by atoms with Crippen LogP contribution in [0.25, 0.3) is 10.9 Å². The molecule has 1 aromatic heterocycles. The van der Waals surface area contributed by atoms with Gasteiger partial charge in [-0.25, -0.2) is 8.78 Å². The van der Waals surface area contributed by atoms with Gasteiger partial charge in [0.25, 0.3) is 0 Å². The fourth-order valence-corrected chi connectivity index (χ4v) is 2.99. The van der Waals surface area contributed by atoms with Crippen molar-refractivity contribution in [2.24, 2.45) is 0 Å². The highest BCUT2D eigenvalue weighted by atomic mass is 32.2. The minimum absolute atomic E-state index is 0.122. The lowest BCUT2D eigenvalue weighted by atomic mass is 10.1. The molecule has 0 radical (unpaired) electrons. The second-order valence-corrected chi connectivity index (χ2v) is 5.66. The van der Waals surface area contributed by atoms with E-state index in [-0.39, 0.29) is 11.5 Å². The summed E-state index contributed by atoms with van der Waals surface area (Å²) in [7, 11) is 0. The van der Waals surface area contributed by atoms with Gasteiger partial charge in [-0.3, -0.25) is 4.98 Å². The van der Waals surface area contributed by atoms with E-state index in [0.717, 1.165) is 21.4 Å². The predicted octanol–water partition coefficient (Wildman–Crippen LogP) is 4.39. The zero-order chi connectivity index (χ0) is 14.8. The van der Waals surface area contributed by atoms with Gasteiger partial charge in [-0.05, 0) is 42.0 Å². The third kappa shape index (κ3) is 2.97. The summed E-state index contributed by atoms with van der Waals surface area (Å²) in [6.45, 7) is 0. The van der Waals surface area contributed by atoms with E-state index >= 15 is 0 Å². The highest BCUT2D eigenvalue weighted by Gasteiger charge is 2.07. The first-order chi connectivity index (χ1) is 10.1. The van der Waals surface area contributed by atoms with Gasteiger partial charge in [0.1, 0.15) is 11.6 Å². The standard InChI is InChI=1S/C16H12F2N2S/c17-12-6-10-2-1-5-20-16(10)11(7-12)9-21-13-3-4-15(19)14(18)8-13/h1-8H,9,19H2. The fourth-order valence-electron chi connectivity index (χ4n) is 2.10. The first-order valence-electron chi connectivity index (χ1n) is 6.34. The number of hydrogen-bond acceptors (Lipinski definition) is 3. The molecule has 106 valence electrons. The molecule has 21 heavy (non-hydrogen) atoms. The SMILES string of the molecule is Nc1ccc(SCc2cc(F)cc3cccnc23)cc1F. The van der Waals surface area contributed by atoms with E-state index in [1.54, 1.807) is 18.3 Å². The number of benzene rings is 2. The summed E-state index contributed by atoms with van der Waals surface area (Å²) in [4.78, 5) is 5.04. The van der Waals surface area contributed by atoms with Crippen molar-refractivity contribution in [1.82, 2.24) is 4.98 Å². The molecule has 0 aliphatic rings. The Bertz CT molecular complexity index is 805. The number of nitrogen functional groups attached to an aromatic ring is 1. The van der Waals surface area contributed by atoms with Crippen molar-refractivity contribution < 1.29 is 8.78 Å². The van der Waals surface area contributed by atoms with Crippen LogP contribution in [0.3, 0.4) is 0 Å². The lowest BCUT2D eigenvalue weighted by molar-refractivity contribution is 0.628. The molecule has 1 heterocycles. The Kier molecular flexibility index (Phi) is 3.75. The number of anilines is 1. The second-order valence-electron chi connectivity index (χ2n) is 4.61. The van der Waals surface area contributed by atoms with Crippen LogP contribution >= 0.6 is 11.8 Å². The van der Waals surface area contributed by atoms with E-state index < -0.39 is 5.82 Å². The van der Waals surface area contributed by atoms with Gasteiger partial charge in [0.15, 0.2) is 0 Å². The summed E-state index contributed by atoms with van der Waals surface area (Å²) >= 11 is 1.42. The summed E-state index contributed by atoms with van der Waals surface area (Å²) in [5.74, 6) is -0.231. The Balaban J connectivity index is 1.89. The number of nitrogens with two attached hydrogens (primary N) is 1. The van der Waals surface area contributed by atoms with E-state index in [1.165, 1.54) is 36.0 Å². The smallest absolute Gasteiger partial charge is 0.147 e. The van der Waals surface area contributed by atoms with Crippen LogP contribution in [0.4, 0.5) is 14.5 Å². The van der Waals surface area contributed by atoms with Gasteiger partial charge in [-0.2, -0.15) is 0 Å². The molecular weight excluding hydrogens is 290 g/mol. The molecule has 0 saturated heterocycles. The number of pyridine rings is 1. The molecule has 0 fully saturated rings. The third-order valence-corrected chi connectivity index (χ3v) is 4.16. The van der Waals surface area contributed by atoms with Gasteiger partial charge in [-0.15, -0.1) is 11.8 Å². The molecule has 0 aliphatic carbocycles. The van der Waals surface area contributed by atoms with Crippen LogP contribution in [0, 0.1) is 11.6 Å². The molecule has 0 spiro atoms. The average Bonchev–Trinajstić information content (AvgIpc) is 2.48. The van der Waals surface area contributed by atoms with E-state index in [1.807, 2.05) is 6.07 Å². The van der Waals surface area contributed by atoms with Gasteiger partial charge in [0, 0.05) is 22.2 Å². The number of thioether (sulfide) groups is 1. The van der Waals surface area contributed by atoms with Crippen LogP contribution in [0.1, 0.15) is 5.56 Å². The van der Waals surface area contributed by atoms with Gasteiger partial charge < -0.3 is 5.73 Å². The van der Waals surface area contributed by atoms with E-state index in [0.29, 0.717) is 5.75 Å². The Hall–Kier alpha value is -2.14. The van der Waals surface area contributed by atoms with Crippen molar-refractivity contribution in [2.45, 2.75) is 10.6 Å². The van der Waals surface area contributed by atoms with Gasteiger partial charge in [-0.1, -0.05) is 6.07 Å². The molecule has 2 nitrogen and oxygen atoms in total. The maximum Gasteiger partial charge on any atom is 0.147 e. The summed E-state index contributed by atoms with van der Waals surface area (Å²) < 4.78 is 27.0. The average molecular weight is 302 g/mol. The molecule has 3 aromatic rings. The number of rotatable bonds is 3. The molecule has 0 unspecified atom stereocenters. The number of halogens is 2. The second kappa shape index (κ2) is 5.69. The third-order valence-electron chi connectivity index (χ3n) is 3.11. The Morgan fingerprint density at radius 1 is 1.10 bits per heavy atom. The molecule has 5 heteroatoms. The van der Waals surface area contributed by atoms with Crippen LogP contribution in [-0.4, -0.2) is 4.98 Å². The molecule has 3 rings (SSSR count). The van der Waals surface area contributed by atoms with Crippen molar-refractivity contribution in [3.8, 4) is 0 Å². The van der Waals surface area contributed by atoms with Crippen LogP contribution in [0.15, 0.2) is 53.6 Å². The molecule has 0 atom stereocenters. The van der Waals surface area contributed by atoms with Crippen molar-refractivity contribution in [1.29, 1.82) is 0 Å². The maximum absolute atomic E-state index is 13.6. The fraction of sp³-hybridized carbons (Fsp3) is 0.0625. The number of nitrogens with zero attached hydrogens (tertiary/aromatic N) is 1. The van der Waals surface area contributed by atoms with Crippen LogP contribution in [0.5, 0.6) is 0 Å². The normalized spacial score (nSPS) is 11.0. The van der Waals surface area contributed by atoms with Crippen molar-refractivity contribution in [3.63, 3.8) is 0 Å². The van der Waals surface area contributed by atoms with Crippen molar-refractivity contribution in [3.05, 3.63) is 65.9 Å². The van der Waals surface area contributed by atoms with Crippen molar-refractivity contribution in [2.75, 3.05) is 5.73 Å². The highest BCUT2D eigenvalue weighted by molar-refractivity contribution is 7.98. The summed E-state index contributed by atoms with van der Waals surface area (Å²) in [6.07, 6.45) is 1.68. The highest BCUT2D eigenvalue weighted by Crippen LogP contribution is 2.28. The first-order valence-corrected chi connectivity index (χ1v) is 7.33. The Labute approximate surface area is 125 Å². The lowest BCUT2D eigenvalue weighted by Crippen LogP contribution is -1.91. The van der Waals surface area contributed by atoms with Crippen LogP contribution in [-0.2, 0) is 5.75 Å². The number of fused-ring (bicyclic) bond motifs is 1. The summed E-state index contributed by atoms with van der Waals surface area (Å²) in [5, 5.41) is 0.761. The molecule has 0 amide bonds. The zero-order valence-electron chi connectivity index (χ0n) is 11.0. The quantitative estimate of drug-likeness (QED) is 0.576. The largest absolute Gasteiger partial charge is 0.396 e. The molecule has 2 N–H and O–H groups in total. The molecule has 0 bridgehead atoms. The van der Waals surface area contributed by atoms with E-state index in [9.17, 15) is 8.78 Å². The lowest BCUT2D eigenvalue weighted by Gasteiger charge is -2.07. The first kappa shape index (κ1) is 13.8. The monoisotopic (exact) mass is 302 g/mol. The molecule has 0 saturated carbocycles. The zero-order valence-corrected chi connectivity index (χ0v) is 11.8. The summed E-state index contributed by atoms with van der Waals surface area (Å²) in [6, 6.07) is 11.2. The molecular formula is C16H12F2N2S. The van der Waals surface area contributed by atoms with Gasteiger partial charge in [0.2, 0.25) is 0 Å². The predicted molar refractivity (Wildman–Crippen MR) is 82.1 cm³/mol. The Morgan fingerprint density at radius 3 is 2.76 bits per heavy atom. The van der Waals surface area contributed by atoms with E-state index in [4.69, 9.17) is 5.73 Å². The topological polar surface area (TPSA) is 38.9 Å². The van der Waals surface area contributed by atoms with Gasteiger partial charge >= 0.3 is 0 Å². The Morgan fingerprint density at radius 2 is 1.95 bits per heavy atom. The minimum atomic E-state index is -0.442. The van der Waals surface area contributed by atoms with E-state index in [2.05, 4.69) is 4.98 Å². The van der Waals surface area contributed by atoms with Crippen LogP contribution < -0.4 is 5.73 Å².